The smallest absolute Gasteiger partial charge is 0.292 e. The zero-order valence-corrected chi connectivity index (χ0v) is 9.88. The van der Waals surface area contributed by atoms with Crippen molar-refractivity contribution < 1.29 is 4.92 Å². The molecule has 0 bridgehead atoms. The summed E-state index contributed by atoms with van der Waals surface area (Å²) in [6.45, 7) is 2.04. The van der Waals surface area contributed by atoms with Gasteiger partial charge in [-0.25, -0.2) is 4.98 Å². The molecule has 0 unspecified atom stereocenters. The van der Waals surface area contributed by atoms with Crippen molar-refractivity contribution in [3.63, 3.8) is 0 Å². The van der Waals surface area contributed by atoms with Crippen LogP contribution in [0.2, 0.25) is 0 Å². The molecule has 0 aliphatic carbocycles. The number of hydrogen-bond acceptors (Lipinski definition) is 5. The van der Waals surface area contributed by atoms with Crippen LogP contribution in [0.4, 0.5) is 11.4 Å². The van der Waals surface area contributed by atoms with E-state index >= 15 is 0 Å². The van der Waals surface area contributed by atoms with Gasteiger partial charge in [0.05, 0.1) is 4.92 Å². The summed E-state index contributed by atoms with van der Waals surface area (Å²) in [4.78, 5) is 14.5. The first-order valence-corrected chi connectivity index (χ1v) is 5.57. The maximum atomic E-state index is 10.8. The minimum atomic E-state index is -0.515. The Morgan fingerprint density at radius 2 is 2.28 bits per heavy atom. The van der Waals surface area contributed by atoms with Crippen molar-refractivity contribution >= 4 is 11.4 Å². The van der Waals surface area contributed by atoms with Crippen LogP contribution < -0.4 is 5.73 Å². The number of nitrogen functional groups attached to an aromatic ring is 1. The van der Waals surface area contributed by atoms with Crippen LogP contribution >= 0.6 is 0 Å². The Morgan fingerprint density at radius 3 is 2.94 bits per heavy atom. The lowest BCUT2D eigenvalue weighted by molar-refractivity contribution is -0.383. The summed E-state index contributed by atoms with van der Waals surface area (Å²) in [5.74, 6) is 1.22. The van der Waals surface area contributed by atoms with E-state index < -0.39 is 4.92 Å². The molecule has 7 heteroatoms. The number of H-pyrrole nitrogens is 1. The summed E-state index contributed by atoms with van der Waals surface area (Å²) >= 11 is 0. The molecular formula is C11H13N5O2. The maximum Gasteiger partial charge on any atom is 0.292 e. The molecule has 0 radical (unpaired) electrons. The lowest BCUT2D eigenvalue weighted by atomic mass is 10.1. The predicted molar refractivity (Wildman–Crippen MR) is 66.9 cm³/mol. The summed E-state index contributed by atoms with van der Waals surface area (Å²) in [5, 5.41) is 17.6. The highest BCUT2D eigenvalue weighted by Gasteiger charge is 2.14. The van der Waals surface area contributed by atoms with Crippen molar-refractivity contribution in [2.75, 3.05) is 5.73 Å². The van der Waals surface area contributed by atoms with Crippen LogP contribution in [0.1, 0.15) is 19.2 Å². The number of aromatic nitrogens is 3. The van der Waals surface area contributed by atoms with E-state index in [1.165, 1.54) is 12.1 Å². The Labute approximate surface area is 103 Å². The fourth-order valence-electron chi connectivity index (χ4n) is 1.61. The average Bonchev–Trinajstić information content (AvgIpc) is 2.78. The molecule has 0 amide bonds. The number of anilines is 1. The molecule has 0 saturated heterocycles. The van der Waals surface area contributed by atoms with Crippen LogP contribution in [0.15, 0.2) is 18.2 Å². The molecular weight excluding hydrogens is 234 g/mol. The fraction of sp³-hybridized carbons (Fsp3) is 0.273. The topological polar surface area (TPSA) is 111 Å². The number of nitrogens with one attached hydrogen (secondary N) is 1. The molecule has 94 valence electrons. The van der Waals surface area contributed by atoms with Crippen molar-refractivity contribution in [1.29, 1.82) is 0 Å². The predicted octanol–water partition coefficient (Wildman–Crippen LogP) is 1.91. The SMILES string of the molecule is CCCc1nc(-c2ccc(N)c([N+](=O)[O-])c2)n[nH]1. The summed E-state index contributed by atoms with van der Waals surface area (Å²) < 4.78 is 0. The first-order valence-electron chi connectivity index (χ1n) is 5.57. The quantitative estimate of drug-likeness (QED) is 0.487. The molecule has 0 spiro atoms. The lowest BCUT2D eigenvalue weighted by Gasteiger charge is -1.99. The van der Waals surface area contributed by atoms with Gasteiger partial charge in [0.1, 0.15) is 11.5 Å². The normalized spacial score (nSPS) is 10.5. The third kappa shape index (κ3) is 2.29. The summed E-state index contributed by atoms with van der Waals surface area (Å²) in [5.41, 5.74) is 6.11. The van der Waals surface area contributed by atoms with Crippen molar-refractivity contribution in [1.82, 2.24) is 15.2 Å². The van der Waals surface area contributed by atoms with Crippen LogP contribution in [0, 0.1) is 10.1 Å². The molecule has 3 N–H and O–H groups in total. The minimum Gasteiger partial charge on any atom is -0.393 e. The van der Waals surface area contributed by atoms with E-state index in [0.717, 1.165) is 18.7 Å². The standard InChI is InChI=1S/C11H13N5O2/c1-2-3-10-13-11(15-14-10)7-4-5-8(12)9(6-7)16(17)18/h4-6H,2-3,12H2,1H3,(H,13,14,15). The van der Waals surface area contributed by atoms with Gasteiger partial charge in [-0.05, 0) is 18.6 Å². The van der Waals surface area contributed by atoms with Crippen LogP contribution in [0.3, 0.4) is 0 Å². The van der Waals surface area contributed by atoms with Gasteiger partial charge in [-0.3, -0.25) is 15.2 Å². The number of benzene rings is 1. The molecule has 1 heterocycles. The summed E-state index contributed by atoms with van der Waals surface area (Å²) in [6, 6.07) is 4.54. The van der Waals surface area contributed by atoms with Crippen molar-refractivity contribution in [2.45, 2.75) is 19.8 Å². The highest BCUT2D eigenvalue weighted by Crippen LogP contribution is 2.26. The fourth-order valence-corrected chi connectivity index (χ4v) is 1.61. The number of rotatable bonds is 4. The van der Waals surface area contributed by atoms with Gasteiger partial charge in [0.25, 0.3) is 5.69 Å². The van der Waals surface area contributed by atoms with Gasteiger partial charge in [-0.15, -0.1) is 0 Å². The Hall–Kier alpha value is -2.44. The lowest BCUT2D eigenvalue weighted by Crippen LogP contribution is -1.96. The van der Waals surface area contributed by atoms with Gasteiger partial charge in [-0.2, -0.15) is 5.10 Å². The molecule has 18 heavy (non-hydrogen) atoms. The van der Waals surface area contributed by atoms with Crippen LogP contribution in [-0.4, -0.2) is 20.1 Å². The van der Waals surface area contributed by atoms with E-state index in [9.17, 15) is 10.1 Å². The number of aromatic amines is 1. The second-order valence-corrected chi connectivity index (χ2v) is 3.89. The van der Waals surface area contributed by atoms with Gasteiger partial charge >= 0.3 is 0 Å². The second-order valence-electron chi connectivity index (χ2n) is 3.89. The molecule has 0 aliphatic heterocycles. The number of nitrogens with zero attached hydrogens (tertiary/aromatic N) is 3. The first kappa shape index (κ1) is 12.0. The van der Waals surface area contributed by atoms with Gasteiger partial charge in [0.2, 0.25) is 0 Å². The van der Waals surface area contributed by atoms with Crippen molar-refractivity contribution in [3.05, 3.63) is 34.1 Å². The zero-order chi connectivity index (χ0) is 13.1. The second kappa shape index (κ2) is 4.82. The molecule has 2 rings (SSSR count). The number of hydrogen-bond donors (Lipinski definition) is 2. The third-order valence-electron chi connectivity index (χ3n) is 2.50. The van der Waals surface area contributed by atoms with Crippen LogP contribution in [0.25, 0.3) is 11.4 Å². The highest BCUT2D eigenvalue weighted by atomic mass is 16.6. The monoisotopic (exact) mass is 247 g/mol. The maximum absolute atomic E-state index is 10.8. The molecule has 0 atom stereocenters. The van der Waals surface area contributed by atoms with Gasteiger partial charge in [0, 0.05) is 18.1 Å². The number of nitrogens with two attached hydrogens (primary N) is 1. The Balaban J connectivity index is 2.38. The van der Waals surface area contributed by atoms with E-state index in [1.807, 2.05) is 6.92 Å². The van der Waals surface area contributed by atoms with Crippen LogP contribution in [0.5, 0.6) is 0 Å². The molecule has 7 nitrogen and oxygen atoms in total. The minimum absolute atomic E-state index is 0.130. The van der Waals surface area contributed by atoms with E-state index in [2.05, 4.69) is 15.2 Å². The van der Waals surface area contributed by atoms with Gasteiger partial charge < -0.3 is 5.73 Å². The van der Waals surface area contributed by atoms with E-state index in [1.54, 1.807) is 6.07 Å². The molecule has 1 aromatic carbocycles. The van der Waals surface area contributed by atoms with Crippen molar-refractivity contribution in [3.8, 4) is 11.4 Å². The Kier molecular flexibility index (Phi) is 3.22. The van der Waals surface area contributed by atoms with E-state index in [4.69, 9.17) is 5.73 Å². The molecule has 0 aliphatic rings. The Morgan fingerprint density at radius 1 is 1.50 bits per heavy atom. The third-order valence-corrected chi connectivity index (χ3v) is 2.50. The number of nitro benzene ring substituents is 1. The molecule has 1 aromatic heterocycles. The summed E-state index contributed by atoms with van der Waals surface area (Å²) in [6.07, 6.45) is 1.75. The van der Waals surface area contributed by atoms with Crippen molar-refractivity contribution in [2.24, 2.45) is 0 Å². The zero-order valence-electron chi connectivity index (χ0n) is 9.88. The molecule has 0 saturated carbocycles. The van der Waals surface area contributed by atoms with Crippen LogP contribution in [-0.2, 0) is 6.42 Å². The van der Waals surface area contributed by atoms with Gasteiger partial charge in [0.15, 0.2) is 5.82 Å². The Bertz CT molecular complexity index is 579. The number of nitro groups is 1. The highest BCUT2D eigenvalue weighted by molar-refractivity contribution is 5.68. The summed E-state index contributed by atoms with van der Waals surface area (Å²) in [7, 11) is 0. The van der Waals surface area contributed by atoms with E-state index in [0.29, 0.717) is 11.4 Å². The van der Waals surface area contributed by atoms with Gasteiger partial charge in [-0.1, -0.05) is 6.92 Å². The number of aryl methyl sites for hydroxylation is 1. The molecule has 2 aromatic rings. The largest absolute Gasteiger partial charge is 0.393 e. The first-order chi connectivity index (χ1) is 8.61. The molecule has 0 fully saturated rings. The van der Waals surface area contributed by atoms with E-state index in [-0.39, 0.29) is 11.4 Å². The average molecular weight is 247 g/mol.